The molecule has 0 atom stereocenters. The summed E-state index contributed by atoms with van der Waals surface area (Å²) in [6.07, 6.45) is 6.86. The molecule has 2 aliphatic carbocycles. The molecule has 2 heteroatoms. The Labute approximate surface area is 106 Å². The summed E-state index contributed by atoms with van der Waals surface area (Å²) in [5.41, 5.74) is 1.37. The van der Waals surface area contributed by atoms with Crippen molar-refractivity contribution in [1.29, 1.82) is 0 Å². The van der Waals surface area contributed by atoms with E-state index < -0.39 is 0 Å². The maximum absolute atomic E-state index is 4.23. The van der Waals surface area contributed by atoms with Gasteiger partial charge in [-0.3, -0.25) is 4.90 Å². The highest BCUT2D eigenvalue weighted by Crippen LogP contribution is 2.28. The van der Waals surface area contributed by atoms with Crippen LogP contribution in [0.4, 0.5) is 0 Å². The van der Waals surface area contributed by atoms with Crippen LogP contribution in [0.25, 0.3) is 0 Å². The van der Waals surface area contributed by atoms with E-state index in [1.807, 2.05) is 0 Å². The molecule has 0 spiro atoms. The van der Waals surface area contributed by atoms with Crippen LogP contribution < -0.4 is 5.32 Å². The van der Waals surface area contributed by atoms with Crippen molar-refractivity contribution in [3.63, 3.8) is 0 Å². The van der Waals surface area contributed by atoms with Crippen molar-refractivity contribution in [2.24, 2.45) is 5.92 Å². The smallest absolute Gasteiger partial charge is 0.0205 e. The third kappa shape index (κ3) is 5.22. The van der Waals surface area contributed by atoms with E-state index in [0.717, 1.165) is 31.1 Å². The van der Waals surface area contributed by atoms with Gasteiger partial charge in [-0.1, -0.05) is 20.4 Å². The maximum atomic E-state index is 4.23. The van der Waals surface area contributed by atoms with E-state index in [1.165, 1.54) is 44.2 Å². The van der Waals surface area contributed by atoms with Gasteiger partial charge in [-0.15, -0.1) is 0 Å². The van der Waals surface area contributed by atoms with E-state index >= 15 is 0 Å². The van der Waals surface area contributed by atoms with Crippen LogP contribution in [-0.4, -0.2) is 36.6 Å². The Morgan fingerprint density at radius 1 is 1.29 bits per heavy atom. The second kappa shape index (κ2) is 6.01. The minimum Gasteiger partial charge on any atom is -0.310 e. The molecule has 2 nitrogen and oxygen atoms in total. The van der Waals surface area contributed by atoms with Gasteiger partial charge < -0.3 is 5.32 Å². The first-order valence-corrected chi connectivity index (χ1v) is 7.29. The van der Waals surface area contributed by atoms with Gasteiger partial charge in [-0.2, -0.15) is 0 Å². The molecular weight excluding hydrogens is 208 g/mol. The molecule has 0 saturated heterocycles. The minimum absolute atomic E-state index is 0.803. The van der Waals surface area contributed by atoms with Crippen LogP contribution in [-0.2, 0) is 0 Å². The van der Waals surface area contributed by atoms with Crippen LogP contribution in [0, 0.1) is 5.92 Å². The summed E-state index contributed by atoms with van der Waals surface area (Å²) in [6, 6.07) is 1.67. The predicted molar refractivity (Wildman–Crippen MR) is 74.2 cm³/mol. The quantitative estimate of drug-likeness (QED) is 0.619. The fourth-order valence-electron chi connectivity index (χ4n) is 2.17. The van der Waals surface area contributed by atoms with Crippen molar-refractivity contribution in [2.75, 3.05) is 19.6 Å². The molecule has 2 saturated carbocycles. The first kappa shape index (κ1) is 13.1. The molecule has 0 aromatic rings. The van der Waals surface area contributed by atoms with Crippen molar-refractivity contribution in [3.8, 4) is 0 Å². The second-order valence-corrected chi connectivity index (χ2v) is 6.29. The lowest BCUT2D eigenvalue weighted by Crippen LogP contribution is -2.32. The van der Waals surface area contributed by atoms with Crippen LogP contribution in [0.2, 0.25) is 0 Å². The third-order valence-corrected chi connectivity index (χ3v) is 3.70. The Morgan fingerprint density at radius 3 is 2.53 bits per heavy atom. The summed E-state index contributed by atoms with van der Waals surface area (Å²) in [7, 11) is 0. The van der Waals surface area contributed by atoms with E-state index in [1.54, 1.807) is 0 Å². The van der Waals surface area contributed by atoms with E-state index in [2.05, 4.69) is 30.6 Å². The van der Waals surface area contributed by atoms with E-state index in [0.29, 0.717) is 0 Å². The fraction of sp³-hybridized carbons (Fsp3) is 0.867. The van der Waals surface area contributed by atoms with Gasteiger partial charge >= 0.3 is 0 Å². The highest BCUT2D eigenvalue weighted by Gasteiger charge is 2.29. The average Bonchev–Trinajstić information content (AvgIpc) is 3.15. The second-order valence-electron chi connectivity index (χ2n) is 6.29. The van der Waals surface area contributed by atoms with E-state index in [4.69, 9.17) is 0 Å². The molecule has 0 heterocycles. The maximum Gasteiger partial charge on any atom is 0.0205 e. The Kier molecular flexibility index (Phi) is 4.63. The van der Waals surface area contributed by atoms with Crippen LogP contribution in [0.15, 0.2) is 12.2 Å². The van der Waals surface area contributed by atoms with Crippen LogP contribution in [0.3, 0.4) is 0 Å². The summed E-state index contributed by atoms with van der Waals surface area (Å²) in [5.74, 6) is 0.814. The van der Waals surface area contributed by atoms with Gasteiger partial charge in [0.05, 0.1) is 0 Å². The zero-order valence-corrected chi connectivity index (χ0v) is 11.5. The summed E-state index contributed by atoms with van der Waals surface area (Å²) >= 11 is 0. The number of hydrogen-bond donors (Lipinski definition) is 1. The first-order valence-electron chi connectivity index (χ1n) is 7.29. The Hall–Kier alpha value is -0.340. The summed E-state index contributed by atoms with van der Waals surface area (Å²) < 4.78 is 0. The molecule has 0 amide bonds. The normalized spacial score (nSPS) is 20.2. The van der Waals surface area contributed by atoms with Crippen LogP contribution >= 0.6 is 0 Å². The molecule has 2 fully saturated rings. The lowest BCUT2D eigenvalue weighted by molar-refractivity contribution is 0.266. The van der Waals surface area contributed by atoms with Crippen LogP contribution in [0.1, 0.15) is 46.0 Å². The molecule has 0 aliphatic heterocycles. The van der Waals surface area contributed by atoms with Crippen molar-refractivity contribution in [1.82, 2.24) is 10.2 Å². The Balaban J connectivity index is 1.65. The molecule has 98 valence electrons. The topological polar surface area (TPSA) is 15.3 Å². The Morgan fingerprint density at radius 2 is 2.00 bits per heavy atom. The molecule has 0 unspecified atom stereocenters. The highest BCUT2D eigenvalue weighted by molar-refractivity contribution is 5.03. The molecule has 2 aliphatic rings. The van der Waals surface area contributed by atoms with Gasteiger partial charge in [0.25, 0.3) is 0 Å². The summed E-state index contributed by atoms with van der Waals surface area (Å²) in [6.45, 7) is 12.2. The standard InChI is InChI=1S/C15H28N2/c1-12(2)8-9-17(15-6-7-15)11-13(3)10-16-14-4-5-14/h12,14-16H,3-11H2,1-2H3. The zero-order chi connectivity index (χ0) is 12.3. The van der Waals surface area contributed by atoms with Crippen molar-refractivity contribution in [3.05, 3.63) is 12.2 Å². The lowest BCUT2D eigenvalue weighted by atomic mass is 10.1. The average molecular weight is 236 g/mol. The SMILES string of the molecule is C=C(CNC1CC1)CN(CCC(C)C)C1CC1. The number of nitrogens with one attached hydrogen (secondary N) is 1. The molecule has 1 N–H and O–H groups in total. The minimum atomic E-state index is 0.803. The third-order valence-electron chi connectivity index (χ3n) is 3.70. The fourth-order valence-corrected chi connectivity index (χ4v) is 2.17. The number of hydrogen-bond acceptors (Lipinski definition) is 2. The summed E-state index contributed by atoms with van der Waals surface area (Å²) in [4.78, 5) is 2.65. The summed E-state index contributed by atoms with van der Waals surface area (Å²) in [5, 5.41) is 3.56. The molecule has 0 aromatic heterocycles. The van der Waals surface area contributed by atoms with Crippen LogP contribution in [0.5, 0.6) is 0 Å². The first-order chi connectivity index (χ1) is 8.15. The van der Waals surface area contributed by atoms with Gasteiger partial charge in [-0.25, -0.2) is 0 Å². The van der Waals surface area contributed by atoms with Gasteiger partial charge in [-0.05, 0) is 50.1 Å². The largest absolute Gasteiger partial charge is 0.310 e. The van der Waals surface area contributed by atoms with Gasteiger partial charge in [0.1, 0.15) is 0 Å². The van der Waals surface area contributed by atoms with Crippen molar-refractivity contribution in [2.45, 2.75) is 58.0 Å². The molecule has 0 radical (unpaired) electrons. The van der Waals surface area contributed by atoms with Gasteiger partial charge in [0.15, 0.2) is 0 Å². The number of nitrogens with zero attached hydrogens (tertiary/aromatic N) is 1. The molecular formula is C15H28N2. The van der Waals surface area contributed by atoms with E-state index in [9.17, 15) is 0 Å². The molecule has 0 bridgehead atoms. The van der Waals surface area contributed by atoms with Crippen molar-refractivity contribution >= 4 is 0 Å². The molecule has 17 heavy (non-hydrogen) atoms. The molecule has 2 rings (SSSR count). The van der Waals surface area contributed by atoms with E-state index in [-0.39, 0.29) is 0 Å². The lowest BCUT2D eigenvalue weighted by Gasteiger charge is -2.24. The Bertz CT molecular complexity index is 252. The monoisotopic (exact) mass is 236 g/mol. The molecule has 0 aromatic carbocycles. The predicted octanol–water partition coefficient (Wildman–Crippen LogP) is 2.81. The van der Waals surface area contributed by atoms with Crippen molar-refractivity contribution < 1.29 is 0 Å². The zero-order valence-electron chi connectivity index (χ0n) is 11.5. The van der Waals surface area contributed by atoms with Gasteiger partial charge in [0.2, 0.25) is 0 Å². The highest BCUT2D eigenvalue weighted by atomic mass is 15.2. The number of rotatable bonds is 9. The van der Waals surface area contributed by atoms with Gasteiger partial charge in [0, 0.05) is 25.2 Å².